The van der Waals surface area contributed by atoms with Gasteiger partial charge in [-0.05, 0) is 12.8 Å². The third-order valence-corrected chi connectivity index (χ3v) is 5.78. The zero-order valence-corrected chi connectivity index (χ0v) is 12.7. The molecule has 118 valence electrons. The van der Waals surface area contributed by atoms with Crippen LogP contribution in [-0.2, 0) is 4.79 Å². The Kier molecular flexibility index (Phi) is 3.29. The molecule has 1 aliphatic carbocycles. The van der Waals surface area contributed by atoms with Crippen LogP contribution in [0, 0.1) is 11.3 Å². The summed E-state index contributed by atoms with van der Waals surface area (Å²) in [6.07, 6.45) is 10.1. The predicted molar refractivity (Wildman–Crippen MR) is 81.6 cm³/mol. The van der Waals surface area contributed by atoms with Crippen LogP contribution in [0.3, 0.4) is 0 Å². The van der Waals surface area contributed by atoms with Gasteiger partial charge >= 0.3 is 5.97 Å². The van der Waals surface area contributed by atoms with Gasteiger partial charge in [-0.15, -0.1) is 0 Å². The van der Waals surface area contributed by atoms with Crippen LogP contribution in [0.5, 0.6) is 0 Å². The largest absolute Gasteiger partial charge is 0.481 e. The number of hydrogen-bond donors (Lipinski definition) is 1. The number of hydrogen-bond acceptors (Lipinski definition) is 5. The summed E-state index contributed by atoms with van der Waals surface area (Å²) < 4.78 is 0. The first-order chi connectivity index (χ1) is 10.7. The second-order valence-corrected chi connectivity index (χ2v) is 6.97. The van der Waals surface area contributed by atoms with Crippen LogP contribution < -0.4 is 4.90 Å². The van der Waals surface area contributed by atoms with E-state index < -0.39 is 11.4 Å². The molecular weight excluding hydrogens is 280 g/mol. The average molecular weight is 302 g/mol. The molecular formula is C16H22N4O2. The number of fused-ring (bicyclic) bond motifs is 1. The number of rotatable bonds is 3. The summed E-state index contributed by atoms with van der Waals surface area (Å²) >= 11 is 0. The van der Waals surface area contributed by atoms with Crippen molar-refractivity contribution >= 4 is 11.8 Å². The van der Waals surface area contributed by atoms with Crippen molar-refractivity contribution in [2.45, 2.75) is 31.7 Å². The Labute approximate surface area is 130 Å². The number of aliphatic carboxylic acids is 1. The number of carbonyl (C=O) groups is 1. The Hall–Kier alpha value is -1.69. The Morgan fingerprint density at radius 3 is 2.68 bits per heavy atom. The van der Waals surface area contributed by atoms with E-state index >= 15 is 0 Å². The van der Waals surface area contributed by atoms with E-state index in [2.05, 4.69) is 19.8 Å². The minimum Gasteiger partial charge on any atom is -0.481 e. The van der Waals surface area contributed by atoms with E-state index in [0.29, 0.717) is 19.1 Å². The van der Waals surface area contributed by atoms with E-state index in [1.807, 2.05) is 0 Å². The van der Waals surface area contributed by atoms with Gasteiger partial charge in [0.25, 0.3) is 0 Å². The first-order valence-corrected chi connectivity index (χ1v) is 8.17. The lowest BCUT2D eigenvalue weighted by Crippen LogP contribution is -2.42. The van der Waals surface area contributed by atoms with Gasteiger partial charge in [0, 0.05) is 50.5 Å². The molecule has 0 spiro atoms. The van der Waals surface area contributed by atoms with Crippen LogP contribution >= 0.6 is 0 Å². The van der Waals surface area contributed by atoms with Crippen molar-refractivity contribution in [2.24, 2.45) is 11.3 Å². The van der Waals surface area contributed by atoms with Gasteiger partial charge < -0.3 is 10.0 Å². The molecule has 0 unspecified atom stereocenters. The zero-order valence-electron chi connectivity index (χ0n) is 12.7. The summed E-state index contributed by atoms with van der Waals surface area (Å²) in [4.78, 5) is 25.0. The minimum absolute atomic E-state index is 0.188. The van der Waals surface area contributed by atoms with Gasteiger partial charge in [-0.25, -0.2) is 4.98 Å². The van der Waals surface area contributed by atoms with Gasteiger partial charge in [0.2, 0.25) is 0 Å². The maximum Gasteiger partial charge on any atom is 0.313 e. The van der Waals surface area contributed by atoms with Gasteiger partial charge in [-0.3, -0.25) is 14.7 Å². The van der Waals surface area contributed by atoms with E-state index in [9.17, 15) is 9.90 Å². The number of likely N-dealkylation sites (tertiary alicyclic amines) is 1. The van der Waals surface area contributed by atoms with Crippen LogP contribution in [0.25, 0.3) is 0 Å². The van der Waals surface area contributed by atoms with Crippen molar-refractivity contribution < 1.29 is 9.90 Å². The highest BCUT2D eigenvalue weighted by Gasteiger charge is 2.58. The second kappa shape index (κ2) is 5.19. The van der Waals surface area contributed by atoms with Crippen molar-refractivity contribution in [3.8, 4) is 0 Å². The zero-order chi connectivity index (χ0) is 15.2. The molecule has 2 atom stereocenters. The second-order valence-electron chi connectivity index (χ2n) is 6.97. The van der Waals surface area contributed by atoms with E-state index in [0.717, 1.165) is 18.9 Å². The first-order valence-electron chi connectivity index (χ1n) is 8.17. The molecule has 0 amide bonds. The summed E-state index contributed by atoms with van der Waals surface area (Å²) in [5, 5.41) is 9.91. The van der Waals surface area contributed by atoms with Gasteiger partial charge in [-0.2, -0.15) is 0 Å². The third kappa shape index (κ3) is 2.08. The smallest absolute Gasteiger partial charge is 0.313 e. The fraction of sp³-hybridized carbons (Fsp3) is 0.688. The average Bonchev–Trinajstić information content (AvgIpc) is 3.22. The number of nitrogens with zero attached hydrogens (tertiary/aromatic N) is 4. The molecule has 6 heteroatoms. The van der Waals surface area contributed by atoms with Crippen molar-refractivity contribution in [1.29, 1.82) is 0 Å². The van der Waals surface area contributed by atoms with Gasteiger partial charge in [0.1, 0.15) is 11.2 Å². The summed E-state index contributed by atoms with van der Waals surface area (Å²) in [5.74, 6) is 0.335. The van der Waals surface area contributed by atoms with Crippen LogP contribution in [-0.4, -0.2) is 58.2 Å². The lowest BCUT2D eigenvalue weighted by molar-refractivity contribution is -0.148. The maximum atomic E-state index is 12.1. The van der Waals surface area contributed by atoms with Crippen LogP contribution in [0.1, 0.15) is 25.7 Å². The quantitative estimate of drug-likeness (QED) is 0.906. The van der Waals surface area contributed by atoms with Crippen LogP contribution in [0.4, 0.5) is 5.82 Å². The molecule has 1 saturated carbocycles. The molecule has 2 saturated heterocycles. The molecule has 3 aliphatic rings. The third-order valence-electron chi connectivity index (χ3n) is 5.78. The van der Waals surface area contributed by atoms with E-state index in [4.69, 9.17) is 0 Å². The molecule has 1 aromatic rings. The number of carboxylic acids is 1. The number of anilines is 1. The highest BCUT2D eigenvalue weighted by molar-refractivity contribution is 5.78. The van der Waals surface area contributed by atoms with Crippen LogP contribution in [0.15, 0.2) is 18.6 Å². The summed E-state index contributed by atoms with van der Waals surface area (Å²) in [5.41, 5.74) is -0.639. The Morgan fingerprint density at radius 1 is 1.23 bits per heavy atom. The summed E-state index contributed by atoms with van der Waals surface area (Å²) in [6.45, 7) is 2.92. The molecule has 0 aromatic carbocycles. The highest BCUT2D eigenvalue weighted by atomic mass is 16.4. The topological polar surface area (TPSA) is 69.6 Å². The van der Waals surface area contributed by atoms with E-state index in [-0.39, 0.29) is 5.92 Å². The molecule has 0 bridgehead atoms. The van der Waals surface area contributed by atoms with Crippen molar-refractivity contribution in [3.63, 3.8) is 0 Å². The Morgan fingerprint density at radius 2 is 2.05 bits per heavy atom. The SMILES string of the molecule is O=C(O)[C@]12CN(c3cnccn3)C[C@H]1CN(C1CCCC1)C2. The Bertz CT molecular complexity index is 561. The lowest BCUT2D eigenvalue weighted by Gasteiger charge is -2.29. The molecule has 6 nitrogen and oxygen atoms in total. The van der Waals surface area contributed by atoms with Crippen molar-refractivity contribution in [2.75, 3.05) is 31.1 Å². The monoisotopic (exact) mass is 302 g/mol. The van der Waals surface area contributed by atoms with E-state index in [1.165, 1.54) is 25.7 Å². The molecule has 4 rings (SSSR count). The standard InChI is InChI=1S/C16H22N4O2/c21-15(22)16-10-19(13-3-1-2-4-13)8-12(16)9-20(11-16)14-7-17-5-6-18-14/h5-7,12-13H,1-4,8-11H2,(H,21,22)/t12-,16-/m1/s1. The first kappa shape index (κ1) is 13.9. The molecule has 22 heavy (non-hydrogen) atoms. The normalized spacial score (nSPS) is 32.5. The predicted octanol–water partition coefficient (Wildman–Crippen LogP) is 1.24. The van der Waals surface area contributed by atoms with E-state index in [1.54, 1.807) is 18.6 Å². The maximum absolute atomic E-state index is 12.1. The molecule has 1 N–H and O–H groups in total. The summed E-state index contributed by atoms with van der Waals surface area (Å²) in [6, 6.07) is 0.604. The minimum atomic E-state index is -0.649. The van der Waals surface area contributed by atoms with Crippen molar-refractivity contribution in [3.05, 3.63) is 18.6 Å². The molecule has 3 heterocycles. The van der Waals surface area contributed by atoms with Gasteiger partial charge in [-0.1, -0.05) is 12.8 Å². The fourth-order valence-electron chi connectivity index (χ4n) is 4.58. The summed E-state index contributed by atoms with van der Waals surface area (Å²) in [7, 11) is 0. The van der Waals surface area contributed by atoms with Gasteiger partial charge in [0.15, 0.2) is 0 Å². The molecule has 0 radical (unpaired) electrons. The molecule has 1 aromatic heterocycles. The highest BCUT2D eigenvalue weighted by Crippen LogP contribution is 2.45. The fourth-order valence-corrected chi connectivity index (χ4v) is 4.58. The van der Waals surface area contributed by atoms with Gasteiger partial charge in [0.05, 0.1) is 6.20 Å². The van der Waals surface area contributed by atoms with Crippen molar-refractivity contribution in [1.82, 2.24) is 14.9 Å². The number of aromatic nitrogens is 2. The number of carboxylic acid groups (broad SMARTS) is 1. The molecule has 2 aliphatic heterocycles. The lowest BCUT2D eigenvalue weighted by atomic mass is 9.81. The Balaban J connectivity index is 1.56. The molecule has 3 fully saturated rings. The van der Waals surface area contributed by atoms with Crippen LogP contribution in [0.2, 0.25) is 0 Å².